The van der Waals surface area contributed by atoms with E-state index in [2.05, 4.69) is 17.6 Å². The lowest BCUT2D eigenvalue weighted by Gasteiger charge is -2.13. The molecule has 0 aliphatic heterocycles. The van der Waals surface area contributed by atoms with Crippen LogP contribution in [0.15, 0.2) is 0 Å². The van der Waals surface area contributed by atoms with Crippen molar-refractivity contribution >= 4 is 33.4 Å². The zero-order valence-corrected chi connectivity index (χ0v) is 16.6. The highest BCUT2D eigenvalue weighted by molar-refractivity contribution is 8.76. The zero-order valence-electron chi connectivity index (χ0n) is 15.0. The molecule has 0 aliphatic rings. The van der Waals surface area contributed by atoms with Crippen LogP contribution in [-0.4, -0.2) is 48.5 Å². The lowest BCUT2D eigenvalue weighted by Crippen LogP contribution is -2.43. The van der Waals surface area contributed by atoms with Gasteiger partial charge < -0.3 is 22.1 Å². The maximum Gasteiger partial charge on any atom is 0.237 e. The molecule has 0 bridgehead atoms. The van der Waals surface area contributed by atoms with Gasteiger partial charge in [-0.25, -0.2) is 0 Å². The van der Waals surface area contributed by atoms with Gasteiger partial charge in [0.1, 0.15) is 0 Å². The summed E-state index contributed by atoms with van der Waals surface area (Å²) >= 11 is 0. The molecule has 2 amide bonds. The van der Waals surface area contributed by atoms with Gasteiger partial charge in [-0.15, -0.1) is 0 Å². The lowest BCUT2D eigenvalue weighted by atomic mass is 10.1. The number of hydrogen-bond acceptors (Lipinski definition) is 6. The van der Waals surface area contributed by atoms with Crippen molar-refractivity contribution in [2.24, 2.45) is 11.5 Å². The van der Waals surface area contributed by atoms with Crippen LogP contribution in [0.4, 0.5) is 0 Å². The van der Waals surface area contributed by atoms with E-state index >= 15 is 0 Å². The van der Waals surface area contributed by atoms with E-state index in [1.54, 1.807) is 0 Å². The van der Waals surface area contributed by atoms with E-state index in [9.17, 15) is 9.59 Å². The van der Waals surface area contributed by atoms with E-state index in [0.29, 0.717) is 24.6 Å². The summed E-state index contributed by atoms with van der Waals surface area (Å²) in [6.07, 6.45) is 7.19. The van der Waals surface area contributed by atoms with E-state index < -0.39 is 12.1 Å². The van der Waals surface area contributed by atoms with Gasteiger partial charge in [-0.2, -0.15) is 0 Å². The van der Waals surface area contributed by atoms with Gasteiger partial charge in [0, 0.05) is 24.6 Å². The third-order valence-corrected chi connectivity index (χ3v) is 5.91. The van der Waals surface area contributed by atoms with Gasteiger partial charge in [-0.05, 0) is 13.3 Å². The lowest BCUT2D eigenvalue weighted by molar-refractivity contribution is -0.122. The first-order valence-corrected chi connectivity index (χ1v) is 11.3. The predicted octanol–water partition coefficient (Wildman–Crippen LogP) is 1.64. The first-order chi connectivity index (χ1) is 11.5. The van der Waals surface area contributed by atoms with E-state index in [-0.39, 0.29) is 11.8 Å². The summed E-state index contributed by atoms with van der Waals surface area (Å²) in [6.45, 7) is 5.33. The molecule has 0 aromatic heterocycles. The fourth-order valence-electron chi connectivity index (χ4n) is 1.95. The predicted molar refractivity (Wildman–Crippen MR) is 106 cm³/mol. The quantitative estimate of drug-likeness (QED) is 0.255. The molecule has 6 N–H and O–H groups in total. The maximum atomic E-state index is 11.9. The van der Waals surface area contributed by atoms with Gasteiger partial charge in [-0.1, -0.05) is 60.6 Å². The van der Waals surface area contributed by atoms with Crippen molar-refractivity contribution in [3.05, 3.63) is 0 Å². The molecule has 142 valence electrons. The van der Waals surface area contributed by atoms with Crippen molar-refractivity contribution in [3.63, 3.8) is 0 Å². The molecule has 0 spiro atoms. The number of unbranched alkanes of at least 4 members (excludes halogenated alkanes) is 5. The molecule has 24 heavy (non-hydrogen) atoms. The van der Waals surface area contributed by atoms with Gasteiger partial charge >= 0.3 is 0 Å². The van der Waals surface area contributed by atoms with Crippen LogP contribution in [0.2, 0.25) is 0 Å². The molecule has 2 atom stereocenters. The van der Waals surface area contributed by atoms with Crippen LogP contribution in [0.25, 0.3) is 0 Å². The Kier molecular flexibility index (Phi) is 15.8. The number of carbonyl (C=O) groups is 2. The number of carbonyl (C=O) groups excluding carboxylic acids is 2. The molecule has 0 aliphatic carbocycles. The minimum absolute atomic E-state index is 0.107. The fourth-order valence-corrected chi connectivity index (χ4v) is 4.19. The Labute approximate surface area is 154 Å². The SMILES string of the molecule is CCCCCCCCNC(=O)[C@@H](N)CSSC[C@H](N)C(=O)NCC. The van der Waals surface area contributed by atoms with Crippen LogP contribution in [0.3, 0.4) is 0 Å². The summed E-state index contributed by atoms with van der Waals surface area (Å²) in [4.78, 5) is 23.3. The van der Waals surface area contributed by atoms with Crippen molar-refractivity contribution in [1.29, 1.82) is 0 Å². The molecule has 0 aromatic rings. The summed E-state index contributed by atoms with van der Waals surface area (Å²) in [5.74, 6) is 0.758. The summed E-state index contributed by atoms with van der Waals surface area (Å²) < 4.78 is 0. The number of amides is 2. The first kappa shape index (κ1) is 23.6. The zero-order chi connectivity index (χ0) is 18.2. The molecular formula is C16H34N4O2S2. The number of likely N-dealkylation sites (N-methyl/N-ethyl adjacent to an activating group) is 1. The standard InChI is InChI=1S/C16H34N4O2S2/c1-3-5-6-7-8-9-10-20-16(22)14(18)12-24-23-11-13(17)15(21)19-4-2/h13-14H,3-12,17-18H2,1-2H3,(H,19,21)(H,20,22)/t13-,14-/m0/s1. The average Bonchev–Trinajstić information content (AvgIpc) is 2.57. The van der Waals surface area contributed by atoms with Crippen molar-refractivity contribution in [2.45, 2.75) is 64.5 Å². The highest BCUT2D eigenvalue weighted by Gasteiger charge is 2.15. The summed E-state index contributed by atoms with van der Waals surface area (Å²) in [7, 11) is 2.95. The van der Waals surface area contributed by atoms with Crippen LogP contribution in [-0.2, 0) is 9.59 Å². The second-order valence-electron chi connectivity index (χ2n) is 5.74. The Bertz CT molecular complexity index is 346. The van der Waals surface area contributed by atoms with Crippen LogP contribution in [0.5, 0.6) is 0 Å². The van der Waals surface area contributed by atoms with Crippen molar-refractivity contribution in [2.75, 3.05) is 24.6 Å². The molecule has 6 nitrogen and oxygen atoms in total. The summed E-state index contributed by atoms with van der Waals surface area (Å²) in [5.41, 5.74) is 11.6. The highest BCUT2D eigenvalue weighted by atomic mass is 33.1. The monoisotopic (exact) mass is 378 g/mol. The first-order valence-electron chi connectivity index (χ1n) is 8.83. The molecule has 0 rings (SSSR count). The Balaban J connectivity index is 3.60. The molecule has 0 saturated carbocycles. The van der Waals surface area contributed by atoms with Gasteiger partial charge in [0.05, 0.1) is 12.1 Å². The molecule has 0 unspecified atom stereocenters. The number of nitrogens with two attached hydrogens (primary N) is 2. The Morgan fingerprint density at radius 1 is 0.833 bits per heavy atom. The number of hydrogen-bond donors (Lipinski definition) is 4. The van der Waals surface area contributed by atoms with Crippen molar-refractivity contribution < 1.29 is 9.59 Å². The van der Waals surface area contributed by atoms with E-state index in [4.69, 9.17) is 11.5 Å². The topological polar surface area (TPSA) is 110 Å². The van der Waals surface area contributed by atoms with Crippen molar-refractivity contribution in [3.8, 4) is 0 Å². The van der Waals surface area contributed by atoms with E-state index in [0.717, 1.165) is 12.8 Å². The molecular weight excluding hydrogens is 344 g/mol. The molecule has 8 heteroatoms. The van der Waals surface area contributed by atoms with Crippen molar-refractivity contribution in [1.82, 2.24) is 10.6 Å². The Hall–Kier alpha value is -0.440. The third-order valence-electron chi connectivity index (χ3n) is 3.43. The smallest absolute Gasteiger partial charge is 0.237 e. The van der Waals surface area contributed by atoms with Gasteiger partial charge in [-0.3, -0.25) is 9.59 Å². The third kappa shape index (κ3) is 12.9. The van der Waals surface area contributed by atoms with E-state index in [1.807, 2.05) is 6.92 Å². The second-order valence-corrected chi connectivity index (χ2v) is 8.29. The minimum Gasteiger partial charge on any atom is -0.355 e. The highest BCUT2D eigenvalue weighted by Crippen LogP contribution is 2.22. The minimum atomic E-state index is -0.528. The van der Waals surface area contributed by atoms with Crippen LogP contribution in [0, 0.1) is 0 Å². The number of nitrogens with one attached hydrogen (secondary N) is 2. The summed E-state index contributed by atoms with van der Waals surface area (Å²) in [5, 5.41) is 5.57. The normalized spacial score (nSPS) is 13.3. The second kappa shape index (κ2) is 16.1. The molecule has 0 fully saturated rings. The van der Waals surface area contributed by atoms with Gasteiger partial charge in [0.15, 0.2) is 0 Å². The van der Waals surface area contributed by atoms with Crippen LogP contribution in [0.1, 0.15) is 52.4 Å². The van der Waals surface area contributed by atoms with Crippen LogP contribution < -0.4 is 22.1 Å². The Morgan fingerprint density at radius 2 is 1.33 bits per heavy atom. The maximum absolute atomic E-state index is 11.9. The average molecular weight is 379 g/mol. The number of rotatable bonds is 15. The van der Waals surface area contributed by atoms with Gasteiger partial charge in [0.25, 0.3) is 0 Å². The Morgan fingerprint density at radius 3 is 1.88 bits per heavy atom. The molecule has 0 saturated heterocycles. The van der Waals surface area contributed by atoms with Crippen LogP contribution >= 0.6 is 21.6 Å². The molecule has 0 radical (unpaired) electrons. The van der Waals surface area contributed by atoms with E-state index in [1.165, 1.54) is 47.3 Å². The van der Waals surface area contributed by atoms with Gasteiger partial charge in [0.2, 0.25) is 11.8 Å². The molecule has 0 heterocycles. The largest absolute Gasteiger partial charge is 0.355 e. The fraction of sp³-hybridized carbons (Fsp3) is 0.875. The molecule has 0 aromatic carbocycles. The summed E-state index contributed by atoms with van der Waals surface area (Å²) in [6, 6.07) is -1.05.